The second-order valence-electron chi connectivity index (χ2n) is 4.46. The summed E-state index contributed by atoms with van der Waals surface area (Å²) in [5.74, 6) is 3.06. The van der Waals surface area contributed by atoms with Gasteiger partial charge in [0.2, 0.25) is 0 Å². The molecule has 108 valence electrons. The van der Waals surface area contributed by atoms with Crippen molar-refractivity contribution in [2.75, 3.05) is 18.8 Å². The van der Waals surface area contributed by atoms with Gasteiger partial charge in [0.15, 0.2) is 0 Å². The van der Waals surface area contributed by atoms with E-state index in [0.29, 0.717) is 0 Å². The number of hydrogen-bond acceptors (Lipinski definition) is 4. The maximum Gasteiger partial charge on any atom is 0.138 e. The third-order valence-electron chi connectivity index (χ3n) is 3.13. The highest BCUT2D eigenvalue weighted by atomic mass is 32.2. The minimum atomic E-state index is 0.935. The number of thioether (sulfide) groups is 1. The van der Waals surface area contributed by atoms with Gasteiger partial charge in [-0.2, -0.15) is 11.8 Å². The third kappa shape index (κ3) is 5.11. The molecule has 0 amide bonds. The molecule has 4 heteroatoms. The van der Waals surface area contributed by atoms with Gasteiger partial charge in [-0.05, 0) is 43.7 Å². The lowest BCUT2D eigenvalue weighted by Crippen LogP contribution is -2.19. The molecule has 0 aromatic carbocycles. The van der Waals surface area contributed by atoms with Crippen LogP contribution in [-0.4, -0.2) is 28.8 Å². The summed E-state index contributed by atoms with van der Waals surface area (Å²) in [4.78, 5) is 9.51. The second-order valence-corrected chi connectivity index (χ2v) is 5.73. The molecule has 0 atom stereocenters. The largest absolute Gasteiger partial charge is 0.317 e. The van der Waals surface area contributed by atoms with Crippen LogP contribution >= 0.6 is 11.8 Å². The minimum absolute atomic E-state index is 0.935. The summed E-state index contributed by atoms with van der Waals surface area (Å²) in [6.45, 7) is 10.7. The van der Waals surface area contributed by atoms with E-state index < -0.39 is 0 Å². The van der Waals surface area contributed by atoms with Crippen molar-refractivity contribution in [2.24, 2.45) is 0 Å². The molecule has 0 fully saturated rings. The predicted octanol–water partition coefficient (Wildman–Crippen LogP) is 3.01. The van der Waals surface area contributed by atoms with Gasteiger partial charge in [-0.3, -0.25) is 0 Å². The average molecular weight is 281 g/mol. The van der Waals surface area contributed by atoms with Crippen LogP contribution in [0.15, 0.2) is 0 Å². The first kappa shape index (κ1) is 16.4. The van der Waals surface area contributed by atoms with Gasteiger partial charge in [0.25, 0.3) is 0 Å². The first-order valence-electron chi connectivity index (χ1n) is 7.42. The molecule has 1 heterocycles. The molecule has 1 N–H and O–H groups in total. The predicted molar refractivity (Wildman–Crippen MR) is 84.9 cm³/mol. The Balaban J connectivity index is 2.93. The highest BCUT2D eigenvalue weighted by Gasteiger charge is 2.11. The summed E-state index contributed by atoms with van der Waals surface area (Å²) in [6.07, 6.45) is 3.04. The van der Waals surface area contributed by atoms with Crippen LogP contribution in [0.5, 0.6) is 0 Å². The summed E-state index contributed by atoms with van der Waals surface area (Å²) in [5.41, 5.74) is 3.86. The fraction of sp³-hybridized carbons (Fsp3) is 0.733. The van der Waals surface area contributed by atoms with Crippen LogP contribution < -0.4 is 5.32 Å². The maximum atomic E-state index is 4.76. The lowest BCUT2D eigenvalue weighted by Gasteiger charge is -2.14. The van der Waals surface area contributed by atoms with Gasteiger partial charge in [-0.25, -0.2) is 9.97 Å². The Morgan fingerprint density at radius 1 is 1.00 bits per heavy atom. The molecule has 19 heavy (non-hydrogen) atoms. The number of aryl methyl sites for hydroxylation is 2. The van der Waals surface area contributed by atoms with E-state index in [4.69, 9.17) is 9.97 Å². The Bertz CT molecular complexity index is 355. The Kier molecular flexibility index (Phi) is 8.07. The van der Waals surface area contributed by atoms with Gasteiger partial charge in [0, 0.05) is 11.4 Å². The van der Waals surface area contributed by atoms with Gasteiger partial charge in [-0.1, -0.05) is 27.7 Å². The lowest BCUT2D eigenvalue weighted by molar-refractivity contribution is 0.699. The van der Waals surface area contributed by atoms with Crippen LogP contribution in [0.3, 0.4) is 0 Å². The fourth-order valence-electron chi connectivity index (χ4n) is 2.16. The molecule has 0 saturated heterocycles. The normalized spacial score (nSPS) is 10.9. The van der Waals surface area contributed by atoms with Gasteiger partial charge >= 0.3 is 0 Å². The Morgan fingerprint density at radius 2 is 1.63 bits per heavy atom. The van der Waals surface area contributed by atoms with E-state index in [1.54, 1.807) is 0 Å². The quantitative estimate of drug-likeness (QED) is 0.706. The molecule has 0 radical (unpaired) electrons. The summed E-state index contributed by atoms with van der Waals surface area (Å²) in [7, 11) is 0. The van der Waals surface area contributed by atoms with E-state index in [0.717, 1.165) is 49.7 Å². The molecule has 0 aliphatic heterocycles. The van der Waals surface area contributed by atoms with Gasteiger partial charge in [0.1, 0.15) is 5.82 Å². The Hall–Kier alpha value is -0.610. The molecule has 1 aromatic rings. The van der Waals surface area contributed by atoms with Crippen LogP contribution in [0, 0.1) is 0 Å². The minimum Gasteiger partial charge on any atom is -0.317 e. The number of rotatable bonds is 9. The Morgan fingerprint density at radius 3 is 2.11 bits per heavy atom. The van der Waals surface area contributed by atoms with Crippen molar-refractivity contribution >= 4 is 11.8 Å². The number of nitrogens with one attached hydrogen (secondary N) is 1. The van der Waals surface area contributed by atoms with E-state index in [1.165, 1.54) is 17.0 Å². The number of hydrogen-bond donors (Lipinski definition) is 1. The summed E-state index contributed by atoms with van der Waals surface area (Å²) in [6, 6.07) is 0. The van der Waals surface area contributed by atoms with Crippen molar-refractivity contribution in [3.63, 3.8) is 0 Å². The van der Waals surface area contributed by atoms with E-state index in [1.807, 2.05) is 11.8 Å². The maximum absolute atomic E-state index is 4.76. The zero-order valence-corrected chi connectivity index (χ0v) is 13.6. The van der Waals surface area contributed by atoms with E-state index in [9.17, 15) is 0 Å². The summed E-state index contributed by atoms with van der Waals surface area (Å²) in [5, 5.41) is 3.39. The van der Waals surface area contributed by atoms with Crippen molar-refractivity contribution in [3.05, 3.63) is 22.8 Å². The molecule has 1 rings (SSSR count). The SMILES string of the molecule is CCNCCc1c(CC)nc(CSCC)nc1CC. The number of aromatic nitrogens is 2. The highest BCUT2D eigenvalue weighted by molar-refractivity contribution is 7.98. The molecular formula is C15H27N3S. The highest BCUT2D eigenvalue weighted by Crippen LogP contribution is 2.17. The zero-order valence-electron chi connectivity index (χ0n) is 12.8. The van der Waals surface area contributed by atoms with E-state index in [2.05, 4.69) is 33.0 Å². The lowest BCUT2D eigenvalue weighted by atomic mass is 10.0. The zero-order chi connectivity index (χ0) is 14.1. The van der Waals surface area contributed by atoms with E-state index in [-0.39, 0.29) is 0 Å². The molecule has 0 aliphatic carbocycles. The fourth-order valence-corrected chi connectivity index (χ4v) is 2.68. The Labute approximate surface area is 122 Å². The van der Waals surface area contributed by atoms with Gasteiger partial charge in [0.05, 0.1) is 5.75 Å². The molecule has 3 nitrogen and oxygen atoms in total. The van der Waals surface area contributed by atoms with Crippen molar-refractivity contribution in [1.29, 1.82) is 0 Å². The monoisotopic (exact) mass is 281 g/mol. The smallest absolute Gasteiger partial charge is 0.138 e. The van der Waals surface area contributed by atoms with Crippen LogP contribution in [0.25, 0.3) is 0 Å². The van der Waals surface area contributed by atoms with Crippen LogP contribution in [0.2, 0.25) is 0 Å². The van der Waals surface area contributed by atoms with Crippen molar-refractivity contribution in [3.8, 4) is 0 Å². The van der Waals surface area contributed by atoms with Gasteiger partial charge < -0.3 is 5.32 Å². The van der Waals surface area contributed by atoms with Crippen LogP contribution in [0.4, 0.5) is 0 Å². The molecule has 0 bridgehead atoms. The standard InChI is InChI=1S/C15H27N3S/c1-5-13-12(9-10-16-7-3)14(6-2)18-15(17-13)11-19-8-4/h16H,5-11H2,1-4H3. The third-order valence-corrected chi connectivity index (χ3v) is 4.00. The number of nitrogens with zero attached hydrogens (tertiary/aromatic N) is 2. The topological polar surface area (TPSA) is 37.8 Å². The first-order chi connectivity index (χ1) is 9.26. The van der Waals surface area contributed by atoms with Gasteiger partial charge in [-0.15, -0.1) is 0 Å². The molecule has 0 aliphatic rings. The molecule has 0 spiro atoms. The summed E-state index contributed by atoms with van der Waals surface area (Å²) < 4.78 is 0. The average Bonchev–Trinajstić information content (AvgIpc) is 2.45. The van der Waals surface area contributed by atoms with Crippen LogP contribution in [0.1, 0.15) is 50.5 Å². The second kappa shape index (κ2) is 9.32. The molecular weight excluding hydrogens is 254 g/mol. The van der Waals surface area contributed by atoms with Crippen molar-refractivity contribution < 1.29 is 0 Å². The van der Waals surface area contributed by atoms with Crippen molar-refractivity contribution in [2.45, 2.75) is 52.7 Å². The molecule has 0 unspecified atom stereocenters. The molecule has 1 aromatic heterocycles. The van der Waals surface area contributed by atoms with Crippen molar-refractivity contribution in [1.82, 2.24) is 15.3 Å². The van der Waals surface area contributed by atoms with E-state index >= 15 is 0 Å². The summed E-state index contributed by atoms with van der Waals surface area (Å²) >= 11 is 1.89. The first-order valence-corrected chi connectivity index (χ1v) is 8.58. The number of likely N-dealkylation sites (N-methyl/N-ethyl adjacent to an activating group) is 1. The van der Waals surface area contributed by atoms with Crippen LogP contribution in [-0.2, 0) is 25.0 Å². The molecule has 0 saturated carbocycles.